The van der Waals surface area contributed by atoms with E-state index in [9.17, 15) is 9.59 Å². The molecule has 0 radical (unpaired) electrons. The van der Waals surface area contributed by atoms with Crippen LogP contribution in [0.2, 0.25) is 0 Å². The third-order valence-electron chi connectivity index (χ3n) is 3.32. The third kappa shape index (κ3) is 3.06. The molecule has 0 amide bonds. The molecule has 0 fully saturated rings. The van der Waals surface area contributed by atoms with E-state index in [1.807, 2.05) is 7.05 Å². The van der Waals surface area contributed by atoms with Crippen LogP contribution in [-0.4, -0.2) is 37.3 Å². The number of aromatic nitrogens is 5. The third-order valence-corrected chi connectivity index (χ3v) is 5.53. The van der Waals surface area contributed by atoms with E-state index in [0.717, 1.165) is 5.16 Å². The van der Waals surface area contributed by atoms with Crippen molar-refractivity contribution < 1.29 is 9.53 Å². The number of ether oxygens (including phenoxy) is 1. The number of hydrogen-bond donors (Lipinski definition) is 1. The number of carbonyl (C=O) groups is 1. The maximum Gasteiger partial charge on any atom is 0.348 e. The summed E-state index contributed by atoms with van der Waals surface area (Å²) in [6.07, 6.45) is 1.61. The Hall–Kier alpha value is -2.20. The molecule has 0 unspecified atom stereocenters. The predicted octanol–water partition coefficient (Wildman–Crippen LogP) is 1.89. The van der Waals surface area contributed by atoms with Crippen molar-refractivity contribution >= 4 is 39.3 Å². The number of esters is 1. The lowest BCUT2D eigenvalue weighted by atomic mass is 10.2. The van der Waals surface area contributed by atoms with Crippen molar-refractivity contribution in [2.24, 2.45) is 7.05 Å². The minimum absolute atomic E-state index is 0.252. The number of nitrogens with zero attached hydrogens (tertiary/aromatic N) is 4. The summed E-state index contributed by atoms with van der Waals surface area (Å²) in [5.41, 5.74) is 0.354. The van der Waals surface area contributed by atoms with Crippen molar-refractivity contribution in [3.05, 3.63) is 32.9 Å². The molecule has 126 valence electrons. The summed E-state index contributed by atoms with van der Waals surface area (Å²) in [5, 5.41) is 8.95. The zero-order valence-electron chi connectivity index (χ0n) is 13.3. The van der Waals surface area contributed by atoms with Gasteiger partial charge in [0.05, 0.1) is 17.7 Å². The lowest BCUT2D eigenvalue weighted by Crippen LogP contribution is -2.11. The number of carbonyl (C=O) groups excluding carboxylic acids is 1. The van der Waals surface area contributed by atoms with Gasteiger partial charge in [0, 0.05) is 7.05 Å². The van der Waals surface area contributed by atoms with Crippen LogP contribution >= 0.6 is 23.1 Å². The molecule has 0 aliphatic carbocycles. The van der Waals surface area contributed by atoms with Crippen LogP contribution in [0.4, 0.5) is 0 Å². The summed E-state index contributed by atoms with van der Waals surface area (Å²) < 4.78 is 6.81. The molecule has 0 bridgehead atoms. The Balaban J connectivity index is 1.93. The highest BCUT2D eigenvalue weighted by atomic mass is 32.2. The van der Waals surface area contributed by atoms with E-state index in [2.05, 4.69) is 20.2 Å². The topological polar surface area (TPSA) is 103 Å². The van der Waals surface area contributed by atoms with Gasteiger partial charge >= 0.3 is 5.97 Å². The van der Waals surface area contributed by atoms with Crippen LogP contribution in [0.25, 0.3) is 10.2 Å². The first kappa shape index (κ1) is 16.7. The second kappa shape index (κ2) is 6.73. The first-order chi connectivity index (χ1) is 11.5. The number of thioether (sulfide) groups is 1. The van der Waals surface area contributed by atoms with Crippen LogP contribution in [0, 0.1) is 6.92 Å². The summed E-state index contributed by atoms with van der Waals surface area (Å²) in [6.45, 7) is 3.76. The van der Waals surface area contributed by atoms with E-state index < -0.39 is 5.97 Å². The second-order valence-electron chi connectivity index (χ2n) is 4.98. The molecule has 0 atom stereocenters. The summed E-state index contributed by atoms with van der Waals surface area (Å²) in [4.78, 5) is 32.5. The average Bonchev–Trinajstić information content (AvgIpc) is 3.09. The standard InChI is InChI=1S/C14H15N5O3S2/c1-4-22-13(21)10-7(2)9-11(20)16-8(17-12(9)24-10)5-23-14-18-15-6-19(14)3/h6H,4-5H2,1-3H3,(H,16,17,20). The Bertz CT molecular complexity index is 959. The number of fused-ring (bicyclic) bond motifs is 1. The highest BCUT2D eigenvalue weighted by Crippen LogP contribution is 2.28. The van der Waals surface area contributed by atoms with Gasteiger partial charge < -0.3 is 14.3 Å². The van der Waals surface area contributed by atoms with E-state index in [1.54, 1.807) is 24.7 Å². The highest BCUT2D eigenvalue weighted by molar-refractivity contribution is 7.98. The van der Waals surface area contributed by atoms with Crippen LogP contribution in [0.15, 0.2) is 16.3 Å². The molecule has 1 N–H and O–H groups in total. The molecular weight excluding hydrogens is 350 g/mol. The molecule has 0 spiro atoms. The van der Waals surface area contributed by atoms with E-state index in [-0.39, 0.29) is 12.2 Å². The second-order valence-corrected chi connectivity index (χ2v) is 6.92. The van der Waals surface area contributed by atoms with Crippen LogP contribution in [0.3, 0.4) is 0 Å². The molecule has 0 saturated heterocycles. The molecule has 10 heteroatoms. The number of H-pyrrole nitrogens is 1. The van der Waals surface area contributed by atoms with Crippen molar-refractivity contribution in [1.29, 1.82) is 0 Å². The van der Waals surface area contributed by atoms with Gasteiger partial charge in [-0.25, -0.2) is 9.78 Å². The van der Waals surface area contributed by atoms with E-state index in [1.165, 1.54) is 23.1 Å². The Kier molecular flexibility index (Phi) is 4.67. The molecule has 3 rings (SSSR count). The summed E-state index contributed by atoms with van der Waals surface area (Å²) in [5.74, 6) is 0.549. The van der Waals surface area contributed by atoms with Crippen LogP contribution in [-0.2, 0) is 17.5 Å². The van der Waals surface area contributed by atoms with Gasteiger partial charge in [-0.15, -0.1) is 21.5 Å². The van der Waals surface area contributed by atoms with E-state index in [0.29, 0.717) is 32.2 Å². The van der Waals surface area contributed by atoms with Gasteiger partial charge in [-0.05, 0) is 19.4 Å². The summed E-state index contributed by atoms with van der Waals surface area (Å²) in [7, 11) is 1.84. The maximum atomic E-state index is 12.4. The minimum Gasteiger partial charge on any atom is -0.462 e. The molecule has 0 aliphatic heterocycles. The Morgan fingerprint density at radius 2 is 2.29 bits per heavy atom. The fraction of sp³-hybridized carbons (Fsp3) is 0.357. The first-order valence-corrected chi connectivity index (χ1v) is 8.97. The largest absolute Gasteiger partial charge is 0.462 e. The van der Waals surface area contributed by atoms with Crippen molar-refractivity contribution in [1.82, 2.24) is 24.7 Å². The lowest BCUT2D eigenvalue weighted by molar-refractivity contribution is 0.0531. The maximum absolute atomic E-state index is 12.4. The van der Waals surface area contributed by atoms with Crippen molar-refractivity contribution in [3.63, 3.8) is 0 Å². The molecule has 8 nitrogen and oxygen atoms in total. The first-order valence-electron chi connectivity index (χ1n) is 7.17. The lowest BCUT2D eigenvalue weighted by Gasteiger charge is -2.01. The number of hydrogen-bond acceptors (Lipinski definition) is 8. The smallest absolute Gasteiger partial charge is 0.348 e. The Morgan fingerprint density at radius 1 is 1.50 bits per heavy atom. The molecule has 0 aliphatic rings. The number of nitrogens with one attached hydrogen (secondary N) is 1. The van der Waals surface area contributed by atoms with Gasteiger partial charge in [-0.2, -0.15) is 0 Å². The summed E-state index contributed by atoms with van der Waals surface area (Å²) in [6, 6.07) is 0. The number of thiophene rings is 1. The predicted molar refractivity (Wildman–Crippen MR) is 91.5 cm³/mol. The van der Waals surface area contributed by atoms with Crippen molar-refractivity contribution in [2.45, 2.75) is 24.8 Å². The van der Waals surface area contributed by atoms with Crippen molar-refractivity contribution in [2.75, 3.05) is 6.61 Å². The Morgan fingerprint density at radius 3 is 2.96 bits per heavy atom. The van der Waals surface area contributed by atoms with Crippen LogP contribution < -0.4 is 5.56 Å². The highest BCUT2D eigenvalue weighted by Gasteiger charge is 2.20. The van der Waals surface area contributed by atoms with E-state index in [4.69, 9.17) is 4.74 Å². The van der Waals surface area contributed by atoms with Gasteiger partial charge in [0.25, 0.3) is 5.56 Å². The van der Waals surface area contributed by atoms with Gasteiger partial charge in [0.2, 0.25) is 0 Å². The fourth-order valence-electron chi connectivity index (χ4n) is 2.18. The number of aromatic amines is 1. The molecule has 3 aromatic rings. The fourth-order valence-corrected chi connectivity index (χ4v) is 4.04. The number of aryl methyl sites for hydroxylation is 2. The van der Waals surface area contributed by atoms with Gasteiger partial charge in [-0.3, -0.25) is 4.79 Å². The van der Waals surface area contributed by atoms with E-state index >= 15 is 0 Å². The molecule has 0 saturated carbocycles. The quantitative estimate of drug-likeness (QED) is 0.544. The van der Waals surface area contributed by atoms with Crippen LogP contribution in [0.5, 0.6) is 0 Å². The van der Waals surface area contributed by atoms with Gasteiger partial charge in [-0.1, -0.05) is 11.8 Å². The monoisotopic (exact) mass is 365 g/mol. The minimum atomic E-state index is -0.424. The molecule has 3 aromatic heterocycles. The Labute approximate surface area is 145 Å². The normalized spacial score (nSPS) is 11.1. The van der Waals surface area contributed by atoms with Crippen LogP contribution in [0.1, 0.15) is 28.0 Å². The van der Waals surface area contributed by atoms with Crippen molar-refractivity contribution in [3.8, 4) is 0 Å². The molecule has 3 heterocycles. The zero-order chi connectivity index (χ0) is 17.3. The molecule has 24 heavy (non-hydrogen) atoms. The molecular formula is C14H15N5O3S2. The number of rotatable bonds is 5. The van der Waals surface area contributed by atoms with Gasteiger partial charge in [0.15, 0.2) is 5.16 Å². The molecule has 0 aromatic carbocycles. The summed E-state index contributed by atoms with van der Waals surface area (Å²) >= 11 is 2.60. The van der Waals surface area contributed by atoms with Gasteiger partial charge in [0.1, 0.15) is 21.9 Å². The SMILES string of the molecule is CCOC(=O)c1sc2nc(CSc3nncn3C)[nH]c(=O)c2c1C. The zero-order valence-corrected chi connectivity index (χ0v) is 15.0. The average molecular weight is 365 g/mol.